The molecule has 0 saturated heterocycles. The number of hydrogen-bond donors (Lipinski definition) is 0. The Bertz CT molecular complexity index is 397. The summed E-state index contributed by atoms with van der Waals surface area (Å²) in [6.45, 7) is 14.1. The molecule has 2 aromatic rings. The first-order valence-electron chi connectivity index (χ1n) is 5.66. The maximum absolute atomic E-state index is 4.23. The average molecular weight is 271 g/mol. The molecular formula is C12H21N3S2. The molecule has 0 aliphatic heterocycles. The van der Waals surface area contributed by atoms with Gasteiger partial charge in [0.2, 0.25) is 0 Å². The summed E-state index contributed by atoms with van der Waals surface area (Å²) in [6, 6.07) is 0. The zero-order valence-electron chi connectivity index (χ0n) is 11.7. The first-order valence-corrected chi connectivity index (χ1v) is 7.29. The number of thiazole rings is 1. The fraction of sp³-hybridized carbons (Fsp3) is 0.583. The molecule has 2 aromatic heterocycles. The minimum Gasteiger partial charge on any atom is -0.247 e. The lowest BCUT2D eigenvalue weighted by Gasteiger charge is -1.77. The van der Waals surface area contributed by atoms with E-state index in [0.717, 1.165) is 10.0 Å². The van der Waals surface area contributed by atoms with Crippen molar-refractivity contribution in [3.05, 3.63) is 25.6 Å². The molecule has 3 nitrogen and oxygen atoms in total. The van der Waals surface area contributed by atoms with Gasteiger partial charge in [-0.15, -0.1) is 32.9 Å². The lowest BCUT2D eigenvalue weighted by atomic mass is 10.4. The maximum atomic E-state index is 4.23. The van der Waals surface area contributed by atoms with Crippen LogP contribution in [0, 0.1) is 34.6 Å². The summed E-state index contributed by atoms with van der Waals surface area (Å²) in [5.41, 5.74) is 1.17. The van der Waals surface area contributed by atoms with Gasteiger partial charge in [-0.3, -0.25) is 0 Å². The number of nitrogens with zero attached hydrogens (tertiary/aromatic N) is 3. The third-order valence-electron chi connectivity index (χ3n) is 1.76. The number of aryl methyl sites for hydroxylation is 5. The monoisotopic (exact) mass is 271 g/mol. The summed E-state index contributed by atoms with van der Waals surface area (Å²) in [7, 11) is 0. The van der Waals surface area contributed by atoms with Gasteiger partial charge in [-0.25, -0.2) is 4.98 Å². The van der Waals surface area contributed by atoms with Crippen LogP contribution in [0.2, 0.25) is 0 Å². The summed E-state index contributed by atoms with van der Waals surface area (Å²) in [4.78, 5) is 5.56. The highest BCUT2D eigenvalue weighted by molar-refractivity contribution is 7.11. The van der Waals surface area contributed by atoms with Gasteiger partial charge in [0, 0.05) is 4.88 Å². The van der Waals surface area contributed by atoms with E-state index in [1.807, 2.05) is 41.5 Å². The number of aromatic nitrogens is 3. The Morgan fingerprint density at radius 1 is 0.706 bits per heavy atom. The average Bonchev–Trinajstić information content (AvgIpc) is 2.77. The summed E-state index contributed by atoms with van der Waals surface area (Å²) < 4.78 is 0. The SMILES string of the molecule is CC.Cc1nc(C)c(C)s1.Cc1nnc(C)s1. The molecule has 0 fully saturated rings. The number of rotatable bonds is 0. The van der Waals surface area contributed by atoms with E-state index in [9.17, 15) is 0 Å². The minimum atomic E-state index is 1.04. The van der Waals surface area contributed by atoms with Crippen LogP contribution in [0.5, 0.6) is 0 Å². The second kappa shape index (κ2) is 8.31. The van der Waals surface area contributed by atoms with E-state index < -0.39 is 0 Å². The van der Waals surface area contributed by atoms with Gasteiger partial charge in [0.05, 0.1) is 10.7 Å². The Morgan fingerprint density at radius 3 is 1.29 bits per heavy atom. The molecule has 5 heteroatoms. The molecular weight excluding hydrogens is 250 g/mol. The van der Waals surface area contributed by atoms with Crippen molar-refractivity contribution in [1.29, 1.82) is 0 Å². The van der Waals surface area contributed by atoms with Crippen LogP contribution in [-0.2, 0) is 0 Å². The molecule has 0 aromatic carbocycles. The van der Waals surface area contributed by atoms with E-state index in [0.29, 0.717) is 0 Å². The van der Waals surface area contributed by atoms with Crippen molar-refractivity contribution >= 4 is 22.7 Å². The van der Waals surface area contributed by atoms with Crippen LogP contribution in [0.4, 0.5) is 0 Å². The topological polar surface area (TPSA) is 38.7 Å². The normalized spacial score (nSPS) is 8.88. The molecule has 0 radical (unpaired) electrons. The van der Waals surface area contributed by atoms with E-state index in [1.165, 1.54) is 15.6 Å². The first-order chi connectivity index (χ1) is 7.99. The Hall–Kier alpha value is -0.810. The Morgan fingerprint density at radius 2 is 1.18 bits per heavy atom. The largest absolute Gasteiger partial charge is 0.247 e. The van der Waals surface area contributed by atoms with Gasteiger partial charge in [-0.1, -0.05) is 13.8 Å². The predicted octanol–water partition coefficient (Wildman–Crippen LogP) is 4.25. The van der Waals surface area contributed by atoms with Crippen LogP contribution >= 0.6 is 22.7 Å². The van der Waals surface area contributed by atoms with E-state index in [4.69, 9.17) is 0 Å². The van der Waals surface area contributed by atoms with Crippen LogP contribution in [0.1, 0.15) is 39.4 Å². The zero-order chi connectivity index (χ0) is 13.4. The molecule has 0 amide bonds. The molecule has 96 valence electrons. The van der Waals surface area contributed by atoms with E-state index in [2.05, 4.69) is 22.1 Å². The third-order valence-corrected chi connectivity index (χ3v) is 3.50. The standard InChI is InChI=1S/C6H9NS.C4H6N2S.C2H6/c1-4-5(2)8-6(3)7-4;1-3-5-6-4(2)7-3;1-2/h1-3H3;1-2H3;1-2H3. The van der Waals surface area contributed by atoms with Crippen LogP contribution in [0.15, 0.2) is 0 Å². The quantitative estimate of drug-likeness (QED) is 0.719. The molecule has 0 aliphatic carbocycles. The molecule has 0 saturated carbocycles. The van der Waals surface area contributed by atoms with Crippen molar-refractivity contribution in [1.82, 2.24) is 15.2 Å². The Labute approximate surface area is 112 Å². The zero-order valence-corrected chi connectivity index (χ0v) is 13.3. The lowest BCUT2D eigenvalue weighted by molar-refractivity contribution is 1.02. The summed E-state index contributed by atoms with van der Waals surface area (Å²) in [6.07, 6.45) is 0. The summed E-state index contributed by atoms with van der Waals surface area (Å²) in [5, 5.41) is 10.8. The van der Waals surface area contributed by atoms with Crippen molar-refractivity contribution in [2.45, 2.75) is 48.5 Å². The lowest BCUT2D eigenvalue weighted by Crippen LogP contribution is -1.71. The predicted molar refractivity (Wildman–Crippen MR) is 77.1 cm³/mol. The van der Waals surface area contributed by atoms with E-state index in [1.54, 1.807) is 22.7 Å². The van der Waals surface area contributed by atoms with Crippen LogP contribution in [0.25, 0.3) is 0 Å². The van der Waals surface area contributed by atoms with Crippen LogP contribution < -0.4 is 0 Å². The van der Waals surface area contributed by atoms with Gasteiger partial charge in [-0.05, 0) is 34.6 Å². The molecule has 17 heavy (non-hydrogen) atoms. The molecule has 2 heterocycles. The number of hydrogen-bond acceptors (Lipinski definition) is 5. The first kappa shape index (κ1) is 16.2. The molecule has 0 aliphatic rings. The van der Waals surface area contributed by atoms with Gasteiger partial charge in [0.15, 0.2) is 0 Å². The van der Waals surface area contributed by atoms with Crippen molar-refractivity contribution in [2.24, 2.45) is 0 Å². The molecule has 2 rings (SSSR count). The highest BCUT2D eigenvalue weighted by Crippen LogP contribution is 2.14. The maximum Gasteiger partial charge on any atom is 0.114 e. The molecule has 0 atom stereocenters. The second-order valence-corrected chi connectivity index (χ2v) is 6.01. The van der Waals surface area contributed by atoms with E-state index >= 15 is 0 Å². The Balaban J connectivity index is 0.000000265. The van der Waals surface area contributed by atoms with Gasteiger partial charge in [0.1, 0.15) is 10.0 Å². The minimum absolute atomic E-state index is 1.04. The van der Waals surface area contributed by atoms with Gasteiger partial charge >= 0.3 is 0 Å². The van der Waals surface area contributed by atoms with Gasteiger partial charge in [-0.2, -0.15) is 0 Å². The highest BCUT2D eigenvalue weighted by Gasteiger charge is 1.95. The second-order valence-electron chi connectivity index (χ2n) is 3.21. The van der Waals surface area contributed by atoms with Crippen molar-refractivity contribution in [3.63, 3.8) is 0 Å². The van der Waals surface area contributed by atoms with Crippen LogP contribution in [0.3, 0.4) is 0 Å². The van der Waals surface area contributed by atoms with Crippen molar-refractivity contribution in [3.8, 4) is 0 Å². The summed E-state index contributed by atoms with van der Waals surface area (Å²) in [5.74, 6) is 0. The van der Waals surface area contributed by atoms with Crippen molar-refractivity contribution in [2.75, 3.05) is 0 Å². The van der Waals surface area contributed by atoms with Gasteiger partial charge < -0.3 is 0 Å². The fourth-order valence-electron chi connectivity index (χ4n) is 1.03. The third kappa shape index (κ3) is 6.48. The van der Waals surface area contributed by atoms with Crippen molar-refractivity contribution < 1.29 is 0 Å². The Kier molecular flexibility index (Phi) is 7.91. The molecule has 0 N–H and O–H groups in total. The summed E-state index contributed by atoms with van der Waals surface area (Å²) >= 11 is 3.38. The molecule has 0 bridgehead atoms. The van der Waals surface area contributed by atoms with Gasteiger partial charge in [0.25, 0.3) is 0 Å². The molecule has 0 unspecified atom stereocenters. The molecule has 0 spiro atoms. The smallest absolute Gasteiger partial charge is 0.114 e. The van der Waals surface area contributed by atoms with Crippen LogP contribution in [-0.4, -0.2) is 15.2 Å². The fourth-order valence-corrected chi connectivity index (χ4v) is 2.44. The highest BCUT2D eigenvalue weighted by atomic mass is 32.1. The van der Waals surface area contributed by atoms with E-state index in [-0.39, 0.29) is 0 Å².